The zero-order chi connectivity index (χ0) is 29.5. The summed E-state index contributed by atoms with van der Waals surface area (Å²) in [5, 5.41) is 7.74. The largest absolute Gasteiger partial charge is 0.309 e. The highest BCUT2D eigenvalue weighted by Gasteiger charge is 2.22. The fraction of sp³-hybridized carbons (Fsp3) is 0. The number of rotatable bonds is 3. The molecule has 1 heterocycles. The van der Waals surface area contributed by atoms with Crippen molar-refractivity contribution in [2.75, 3.05) is 0 Å². The van der Waals surface area contributed by atoms with E-state index < -0.39 is 0 Å². The van der Waals surface area contributed by atoms with Crippen LogP contribution in [0.2, 0.25) is 0 Å². The van der Waals surface area contributed by atoms with Gasteiger partial charge in [0.2, 0.25) is 0 Å². The van der Waals surface area contributed by atoms with Gasteiger partial charge >= 0.3 is 0 Å². The topological polar surface area (TPSA) is 4.93 Å². The van der Waals surface area contributed by atoms with E-state index in [0.717, 1.165) is 0 Å². The number of fused-ring (bicyclic) bond motifs is 7. The summed E-state index contributed by atoms with van der Waals surface area (Å²) in [6.45, 7) is 0. The number of hydrogen-bond acceptors (Lipinski definition) is 0. The Morgan fingerprint density at radius 2 is 0.889 bits per heavy atom. The summed E-state index contributed by atoms with van der Waals surface area (Å²) in [5.74, 6) is 0. The Balaban J connectivity index is 1.09. The van der Waals surface area contributed by atoms with Crippen LogP contribution in [-0.2, 0) is 0 Å². The minimum atomic E-state index is 1.18. The minimum Gasteiger partial charge on any atom is -0.309 e. The Hall–Kier alpha value is -5.92. The average molecular weight is 570 g/mol. The van der Waals surface area contributed by atoms with Crippen LogP contribution in [0, 0.1) is 0 Å². The molecule has 8 aromatic carbocycles. The van der Waals surface area contributed by atoms with E-state index in [2.05, 4.69) is 168 Å². The third-order valence-electron chi connectivity index (χ3n) is 9.72. The molecule has 208 valence electrons. The van der Waals surface area contributed by atoms with Gasteiger partial charge in [-0.3, -0.25) is 0 Å². The van der Waals surface area contributed by atoms with Gasteiger partial charge < -0.3 is 4.57 Å². The molecule has 0 radical (unpaired) electrons. The second-order valence-electron chi connectivity index (χ2n) is 12.1. The number of hydrogen-bond donors (Lipinski definition) is 0. The van der Waals surface area contributed by atoms with Crippen LogP contribution < -0.4 is 0 Å². The van der Waals surface area contributed by atoms with Crippen molar-refractivity contribution in [3.05, 3.63) is 164 Å². The zero-order valence-electron chi connectivity index (χ0n) is 24.5. The predicted molar refractivity (Wildman–Crippen MR) is 191 cm³/mol. The van der Waals surface area contributed by atoms with Gasteiger partial charge in [0.1, 0.15) is 0 Å². The van der Waals surface area contributed by atoms with Crippen molar-refractivity contribution in [1.82, 2.24) is 4.57 Å². The summed E-state index contributed by atoms with van der Waals surface area (Å²) in [6.07, 6.45) is 0. The van der Waals surface area contributed by atoms with E-state index in [1.807, 2.05) is 0 Å². The molecular formula is C44H27N. The average Bonchev–Trinajstić information content (AvgIpc) is 3.62. The van der Waals surface area contributed by atoms with Crippen LogP contribution in [0.5, 0.6) is 0 Å². The van der Waals surface area contributed by atoms with Crippen molar-refractivity contribution in [3.63, 3.8) is 0 Å². The molecule has 0 saturated heterocycles. The Morgan fingerprint density at radius 3 is 1.73 bits per heavy atom. The lowest BCUT2D eigenvalue weighted by Gasteiger charge is -2.12. The van der Waals surface area contributed by atoms with Gasteiger partial charge in [-0.25, -0.2) is 0 Å². The first kappa shape index (κ1) is 24.5. The number of para-hydroxylation sites is 2. The molecule has 0 fully saturated rings. The maximum absolute atomic E-state index is 2.39. The highest BCUT2D eigenvalue weighted by Crippen LogP contribution is 2.49. The second-order valence-corrected chi connectivity index (χ2v) is 12.1. The van der Waals surface area contributed by atoms with Crippen molar-refractivity contribution in [2.45, 2.75) is 0 Å². The first-order chi connectivity index (χ1) is 22.3. The maximum Gasteiger partial charge on any atom is 0.0547 e. The molecule has 1 heteroatoms. The molecule has 1 aliphatic carbocycles. The van der Waals surface area contributed by atoms with Gasteiger partial charge in [0, 0.05) is 16.5 Å². The minimum absolute atomic E-state index is 1.18. The SMILES string of the molecule is c1ccc(-n2c3ccccc3c3ccc(-c4ccc5cc(-c6ccc7c8c(cccc68)-c6ccccc6-7)ccc5c4)cc32)cc1. The normalized spacial score (nSPS) is 12.0. The van der Waals surface area contributed by atoms with Crippen LogP contribution in [0.1, 0.15) is 0 Å². The summed E-state index contributed by atoms with van der Waals surface area (Å²) in [7, 11) is 0. The van der Waals surface area contributed by atoms with Gasteiger partial charge in [-0.05, 0) is 102 Å². The molecule has 0 N–H and O–H groups in total. The smallest absolute Gasteiger partial charge is 0.0547 e. The molecule has 1 nitrogen and oxygen atoms in total. The summed E-state index contributed by atoms with van der Waals surface area (Å²) >= 11 is 0. The molecule has 0 spiro atoms. The van der Waals surface area contributed by atoms with E-state index in [1.165, 1.54) is 93.5 Å². The maximum atomic E-state index is 2.39. The van der Waals surface area contributed by atoms with E-state index in [-0.39, 0.29) is 0 Å². The highest BCUT2D eigenvalue weighted by atomic mass is 15.0. The molecule has 0 unspecified atom stereocenters. The first-order valence-corrected chi connectivity index (χ1v) is 15.6. The lowest BCUT2D eigenvalue weighted by molar-refractivity contribution is 1.18. The van der Waals surface area contributed by atoms with Gasteiger partial charge in [-0.1, -0.05) is 127 Å². The van der Waals surface area contributed by atoms with Crippen LogP contribution >= 0.6 is 0 Å². The fourth-order valence-electron chi connectivity index (χ4n) is 7.66. The van der Waals surface area contributed by atoms with Crippen LogP contribution in [0.15, 0.2) is 164 Å². The standard InChI is InChI=1S/C44H27N/c1-2-9-33(10-3-1)45-42-16-7-6-13-37(42)38-22-21-31(27-43(38)45)29-17-18-30-26-32(20-19-28(30)25-29)34-23-24-41-36-12-5-4-11-35(36)40-15-8-14-39(34)44(40)41/h1-27H. The van der Waals surface area contributed by atoms with E-state index in [4.69, 9.17) is 0 Å². The van der Waals surface area contributed by atoms with Crippen LogP contribution in [0.3, 0.4) is 0 Å². The van der Waals surface area contributed by atoms with Crippen molar-refractivity contribution >= 4 is 43.4 Å². The quantitative estimate of drug-likeness (QED) is 0.199. The van der Waals surface area contributed by atoms with Gasteiger partial charge in [-0.15, -0.1) is 0 Å². The van der Waals surface area contributed by atoms with Gasteiger partial charge in [0.15, 0.2) is 0 Å². The van der Waals surface area contributed by atoms with Gasteiger partial charge in [0.05, 0.1) is 11.0 Å². The number of nitrogens with zero attached hydrogens (tertiary/aromatic N) is 1. The molecule has 0 bridgehead atoms. The summed E-state index contributed by atoms with van der Waals surface area (Å²) in [6, 6.07) is 60.2. The third-order valence-corrected chi connectivity index (χ3v) is 9.72. The molecule has 0 atom stereocenters. The molecular weight excluding hydrogens is 542 g/mol. The third kappa shape index (κ3) is 3.56. The van der Waals surface area contributed by atoms with Gasteiger partial charge in [-0.2, -0.15) is 0 Å². The van der Waals surface area contributed by atoms with E-state index in [1.54, 1.807) is 0 Å². The Kier molecular flexibility index (Phi) is 5.06. The number of benzene rings is 8. The Morgan fingerprint density at radius 1 is 0.311 bits per heavy atom. The summed E-state index contributed by atoms with van der Waals surface area (Å²) < 4.78 is 2.39. The lowest BCUT2D eigenvalue weighted by atomic mass is 9.92. The fourth-order valence-corrected chi connectivity index (χ4v) is 7.66. The second kappa shape index (κ2) is 9.29. The lowest BCUT2D eigenvalue weighted by Crippen LogP contribution is -1.93. The summed E-state index contributed by atoms with van der Waals surface area (Å²) in [4.78, 5) is 0. The number of aromatic nitrogens is 1. The summed E-state index contributed by atoms with van der Waals surface area (Å²) in [5.41, 5.74) is 14.0. The molecule has 45 heavy (non-hydrogen) atoms. The molecule has 1 aliphatic rings. The van der Waals surface area contributed by atoms with Crippen molar-refractivity contribution in [1.29, 1.82) is 0 Å². The van der Waals surface area contributed by atoms with Crippen molar-refractivity contribution < 1.29 is 0 Å². The first-order valence-electron chi connectivity index (χ1n) is 15.6. The van der Waals surface area contributed by atoms with E-state index >= 15 is 0 Å². The molecule has 0 saturated carbocycles. The van der Waals surface area contributed by atoms with Crippen LogP contribution in [0.25, 0.3) is 93.5 Å². The monoisotopic (exact) mass is 569 g/mol. The highest BCUT2D eigenvalue weighted by molar-refractivity contribution is 6.19. The van der Waals surface area contributed by atoms with Gasteiger partial charge in [0.25, 0.3) is 0 Å². The van der Waals surface area contributed by atoms with Crippen LogP contribution in [-0.4, -0.2) is 4.57 Å². The molecule has 0 amide bonds. The molecule has 9 aromatic rings. The molecule has 0 aliphatic heterocycles. The Labute approximate surface area is 261 Å². The molecule has 1 aromatic heterocycles. The molecule has 10 rings (SSSR count). The van der Waals surface area contributed by atoms with E-state index in [9.17, 15) is 0 Å². The van der Waals surface area contributed by atoms with Crippen LogP contribution in [0.4, 0.5) is 0 Å². The van der Waals surface area contributed by atoms with Crippen molar-refractivity contribution in [2.24, 2.45) is 0 Å². The predicted octanol–water partition coefficient (Wildman–Crippen LogP) is 12.1. The Bertz CT molecular complexity index is 2610. The zero-order valence-corrected chi connectivity index (χ0v) is 24.5. The van der Waals surface area contributed by atoms with Crippen molar-refractivity contribution in [3.8, 4) is 50.2 Å². The van der Waals surface area contributed by atoms with E-state index in [0.29, 0.717) is 0 Å².